The Labute approximate surface area is 73.5 Å². The molecule has 1 amide bonds. The molecule has 0 fully saturated rings. The third-order valence-corrected chi connectivity index (χ3v) is 1.30. The number of rotatable bonds is 4. The zero-order valence-electron chi connectivity index (χ0n) is 8.11. The maximum absolute atomic E-state index is 11.6. The summed E-state index contributed by atoms with van der Waals surface area (Å²) in [6.07, 6.45) is 1.55. The minimum Gasteiger partial charge on any atom is -0.352 e. The van der Waals surface area contributed by atoms with Crippen LogP contribution < -0.4 is 5.32 Å². The summed E-state index contributed by atoms with van der Waals surface area (Å²) in [5.74, 6) is 0.0101. The van der Waals surface area contributed by atoms with Crippen molar-refractivity contribution in [2.45, 2.75) is 45.6 Å². The Kier molecular flexibility index (Phi) is 4.86. The lowest BCUT2D eigenvalue weighted by Crippen LogP contribution is -2.40. The SMILES string of the molecule is CC(C)(C)NC(=O)CCCCF. The summed E-state index contributed by atoms with van der Waals surface area (Å²) in [7, 11) is 0. The smallest absolute Gasteiger partial charge is 0.220 e. The summed E-state index contributed by atoms with van der Waals surface area (Å²) in [6, 6.07) is 0. The van der Waals surface area contributed by atoms with E-state index in [4.69, 9.17) is 0 Å². The molecule has 0 unspecified atom stereocenters. The lowest BCUT2D eigenvalue weighted by atomic mass is 10.1. The highest BCUT2D eigenvalue weighted by Crippen LogP contribution is 2.01. The highest BCUT2D eigenvalue weighted by atomic mass is 19.1. The molecule has 0 saturated carbocycles. The van der Waals surface area contributed by atoms with E-state index in [-0.39, 0.29) is 18.1 Å². The average molecular weight is 175 g/mol. The number of amides is 1. The Bertz CT molecular complexity index is 140. The van der Waals surface area contributed by atoms with Crippen molar-refractivity contribution >= 4 is 5.91 Å². The monoisotopic (exact) mass is 175 g/mol. The second-order valence-electron chi connectivity index (χ2n) is 3.94. The maximum atomic E-state index is 11.6. The van der Waals surface area contributed by atoms with Crippen LogP contribution in [0.25, 0.3) is 0 Å². The first kappa shape index (κ1) is 11.4. The summed E-state index contributed by atoms with van der Waals surface area (Å²) in [5.41, 5.74) is -0.174. The van der Waals surface area contributed by atoms with Crippen LogP contribution in [0.3, 0.4) is 0 Å². The molecule has 3 heteroatoms. The molecule has 0 bridgehead atoms. The van der Waals surface area contributed by atoms with E-state index in [0.29, 0.717) is 19.3 Å². The predicted octanol–water partition coefficient (Wildman–Crippen LogP) is 2.04. The van der Waals surface area contributed by atoms with Crippen molar-refractivity contribution < 1.29 is 9.18 Å². The molecule has 0 saturated heterocycles. The Morgan fingerprint density at radius 3 is 2.33 bits per heavy atom. The van der Waals surface area contributed by atoms with Gasteiger partial charge in [0.15, 0.2) is 0 Å². The van der Waals surface area contributed by atoms with Gasteiger partial charge in [-0.05, 0) is 33.6 Å². The molecule has 0 aliphatic carbocycles. The molecular formula is C9H18FNO. The van der Waals surface area contributed by atoms with Crippen LogP contribution in [-0.2, 0) is 4.79 Å². The van der Waals surface area contributed by atoms with E-state index in [1.807, 2.05) is 20.8 Å². The van der Waals surface area contributed by atoms with Gasteiger partial charge < -0.3 is 5.32 Å². The zero-order valence-corrected chi connectivity index (χ0v) is 8.11. The molecule has 0 aromatic rings. The largest absolute Gasteiger partial charge is 0.352 e. The summed E-state index contributed by atoms with van der Waals surface area (Å²) in [5, 5.41) is 2.82. The Morgan fingerprint density at radius 1 is 1.33 bits per heavy atom. The minimum atomic E-state index is -0.331. The van der Waals surface area contributed by atoms with Crippen LogP contribution in [0.4, 0.5) is 4.39 Å². The number of halogens is 1. The van der Waals surface area contributed by atoms with E-state index in [0.717, 1.165) is 0 Å². The molecular weight excluding hydrogens is 157 g/mol. The van der Waals surface area contributed by atoms with Crippen LogP contribution in [0.15, 0.2) is 0 Å². The van der Waals surface area contributed by atoms with Gasteiger partial charge in [-0.25, -0.2) is 0 Å². The quantitative estimate of drug-likeness (QED) is 0.651. The molecule has 0 rings (SSSR count). The second kappa shape index (κ2) is 5.12. The van der Waals surface area contributed by atoms with Crippen molar-refractivity contribution in [2.24, 2.45) is 0 Å². The molecule has 0 aliphatic heterocycles. The molecule has 72 valence electrons. The number of carbonyl (C=O) groups is 1. The van der Waals surface area contributed by atoms with Gasteiger partial charge in [0.2, 0.25) is 5.91 Å². The van der Waals surface area contributed by atoms with Crippen LogP contribution in [0.2, 0.25) is 0 Å². The molecule has 0 spiro atoms. The van der Waals surface area contributed by atoms with Gasteiger partial charge in [0.1, 0.15) is 0 Å². The molecule has 0 radical (unpaired) electrons. The van der Waals surface area contributed by atoms with Gasteiger partial charge in [0.05, 0.1) is 6.67 Å². The topological polar surface area (TPSA) is 29.1 Å². The lowest BCUT2D eigenvalue weighted by Gasteiger charge is -2.20. The number of hydrogen-bond donors (Lipinski definition) is 1. The first-order chi connectivity index (χ1) is 5.45. The fourth-order valence-electron chi connectivity index (χ4n) is 0.861. The summed E-state index contributed by atoms with van der Waals surface area (Å²) >= 11 is 0. The Hall–Kier alpha value is -0.600. The molecule has 0 atom stereocenters. The van der Waals surface area contributed by atoms with Crippen molar-refractivity contribution in [1.29, 1.82) is 0 Å². The number of alkyl halides is 1. The van der Waals surface area contributed by atoms with Crippen molar-refractivity contribution in [1.82, 2.24) is 5.32 Å². The van der Waals surface area contributed by atoms with Crippen molar-refractivity contribution in [3.05, 3.63) is 0 Å². The van der Waals surface area contributed by atoms with Gasteiger partial charge in [-0.3, -0.25) is 9.18 Å². The third-order valence-electron chi connectivity index (χ3n) is 1.30. The fraction of sp³-hybridized carbons (Fsp3) is 0.889. The molecule has 0 aliphatic rings. The van der Waals surface area contributed by atoms with Crippen molar-refractivity contribution in [2.75, 3.05) is 6.67 Å². The highest BCUT2D eigenvalue weighted by molar-refractivity contribution is 5.76. The number of carbonyl (C=O) groups excluding carboxylic acids is 1. The molecule has 0 aromatic carbocycles. The highest BCUT2D eigenvalue weighted by Gasteiger charge is 2.12. The normalized spacial score (nSPS) is 11.3. The maximum Gasteiger partial charge on any atom is 0.220 e. The van der Waals surface area contributed by atoms with E-state index in [9.17, 15) is 9.18 Å². The van der Waals surface area contributed by atoms with E-state index in [1.165, 1.54) is 0 Å². The zero-order chi connectivity index (χ0) is 9.61. The van der Waals surface area contributed by atoms with E-state index < -0.39 is 0 Å². The van der Waals surface area contributed by atoms with Gasteiger partial charge in [-0.15, -0.1) is 0 Å². The van der Waals surface area contributed by atoms with Gasteiger partial charge in [-0.2, -0.15) is 0 Å². The molecule has 0 heterocycles. The standard InChI is InChI=1S/C9H18FNO/c1-9(2,3)11-8(12)6-4-5-7-10/h4-7H2,1-3H3,(H,11,12). The fourth-order valence-corrected chi connectivity index (χ4v) is 0.861. The van der Waals surface area contributed by atoms with Crippen molar-refractivity contribution in [3.63, 3.8) is 0 Å². The molecule has 2 nitrogen and oxygen atoms in total. The average Bonchev–Trinajstić information content (AvgIpc) is 1.84. The predicted molar refractivity (Wildman–Crippen MR) is 47.7 cm³/mol. The third kappa shape index (κ3) is 7.51. The molecule has 1 N–H and O–H groups in total. The number of unbranched alkanes of at least 4 members (excludes halogenated alkanes) is 1. The van der Waals surface area contributed by atoms with E-state index in [1.54, 1.807) is 0 Å². The second-order valence-corrected chi connectivity index (χ2v) is 3.94. The first-order valence-corrected chi connectivity index (χ1v) is 4.32. The summed E-state index contributed by atoms with van der Waals surface area (Å²) in [6.45, 7) is 5.46. The summed E-state index contributed by atoms with van der Waals surface area (Å²) < 4.78 is 11.6. The van der Waals surface area contributed by atoms with Gasteiger partial charge in [-0.1, -0.05) is 0 Å². The van der Waals surface area contributed by atoms with Crippen LogP contribution >= 0.6 is 0 Å². The van der Waals surface area contributed by atoms with Crippen LogP contribution in [-0.4, -0.2) is 18.1 Å². The molecule has 0 aromatic heterocycles. The Morgan fingerprint density at radius 2 is 1.92 bits per heavy atom. The van der Waals surface area contributed by atoms with Crippen LogP contribution in [0.5, 0.6) is 0 Å². The Balaban J connectivity index is 3.47. The molecule has 12 heavy (non-hydrogen) atoms. The van der Waals surface area contributed by atoms with E-state index >= 15 is 0 Å². The first-order valence-electron chi connectivity index (χ1n) is 4.32. The van der Waals surface area contributed by atoms with Crippen LogP contribution in [0.1, 0.15) is 40.0 Å². The number of nitrogens with one attached hydrogen (secondary N) is 1. The van der Waals surface area contributed by atoms with Crippen molar-refractivity contribution in [3.8, 4) is 0 Å². The lowest BCUT2D eigenvalue weighted by molar-refractivity contribution is -0.122. The summed E-state index contributed by atoms with van der Waals surface area (Å²) in [4.78, 5) is 11.1. The van der Waals surface area contributed by atoms with Gasteiger partial charge in [0.25, 0.3) is 0 Å². The van der Waals surface area contributed by atoms with E-state index in [2.05, 4.69) is 5.32 Å². The van der Waals surface area contributed by atoms with Gasteiger partial charge >= 0.3 is 0 Å². The number of hydrogen-bond acceptors (Lipinski definition) is 1. The van der Waals surface area contributed by atoms with Crippen LogP contribution in [0, 0.1) is 0 Å². The van der Waals surface area contributed by atoms with Gasteiger partial charge in [0, 0.05) is 12.0 Å². The minimum absolute atomic E-state index is 0.0101.